The van der Waals surface area contributed by atoms with Crippen LogP contribution in [0.2, 0.25) is 0 Å². The van der Waals surface area contributed by atoms with E-state index in [0.29, 0.717) is 59.9 Å². The predicted molar refractivity (Wildman–Crippen MR) is 191 cm³/mol. The number of benzene rings is 2. The average Bonchev–Trinajstić information content (AvgIpc) is 3.96. The fourth-order valence-corrected chi connectivity index (χ4v) is 10.3. The zero-order chi connectivity index (χ0) is 35.5. The number of hydrogen-bond acceptors (Lipinski definition) is 9. The number of carbonyl (C=O) groups excluding carboxylic acids is 1. The molecule has 13 heteroatoms. The van der Waals surface area contributed by atoms with Gasteiger partial charge in [-0.25, -0.2) is 23.7 Å². The van der Waals surface area contributed by atoms with Gasteiger partial charge in [-0.3, -0.25) is 9.78 Å². The summed E-state index contributed by atoms with van der Waals surface area (Å²) in [6.07, 6.45) is 4.00. The molecule has 5 aliphatic rings. The Morgan fingerprint density at radius 2 is 1.94 bits per heavy atom. The molecule has 0 radical (unpaired) electrons. The number of pyridine rings is 2. The molecule has 3 fully saturated rings. The molecule has 2 saturated heterocycles. The first-order valence-electron chi connectivity index (χ1n) is 17.4. The fourth-order valence-electron chi connectivity index (χ4n) is 9.12. The lowest BCUT2D eigenvalue weighted by molar-refractivity contribution is 0.0637. The summed E-state index contributed by atoms with van der Waals surface area (Å²) in [5, 5.41) is 11.2. The maximum atomic E-state index is 14.6. The zero-order valence-corrected chi connectivity index (χ0v) is 29.1. The van der Waals surface area contributed by atoms with E-state index >= 15 is 0 Å². The molecule has 2 N–H and O–H groups in total. The van der Waals surface area contributed by atoms with Crippen molar-refractivity contribution in [2.45, 2.75) is 57.0 Å². The number of fused-ring (bicyclic) bond motifs is 3. The number of ether oxygens (including phenoxy) is 1. The quantitative estimate of drug-likeness (QED) is 0.169. The number of nitrogens with zero attached hydrogens (tertiary/aromatic N) is 4. The Labute approximate surface area is 299 Å². The number of H-pyrrole nitrogens is 1. The van der Waals surface area contributed by atoms with Crippen LogP contribution in [0.1, 0.15) is 69.4 Å². The minimum absolute atomic E-state index is 0.0437. The smallest absolute Gasteiger partial charge is 0.434 e. The van der Waals surface area contributed by atoms with Gasteiger partial charge in [-0.05, 0) is 98.2 Å². The number of anilines is 1. The topological polar surface area (TPSA) is 126 Å². The SMILES string of the molecule is COc1c(F)ccc2c1CCC2Nc1nc(C)cc2cc(-c3c4c(nc(CCc5cccc(F)c5)c3-c3n[nH]c(=O)o3)C35CC(CN3C4=O)C5)sc12. The second-order valence-electron chi connectivity index (χ2n) is 14.3. The third kappa shape index (κ3) is 4.54. The average molecular weight is 719 g/mol. The van der Waals surface area contributed by atoms with E-state index < -0.39 is 11.3 Å². The third-order valence-electron chi connectivity index (χ3n) is 11.3. The molecule has 3 aliphatic heterocycles. The highest BCUT2D eigenvalue weighted by molar-refractivity contribution is 7.23. The Morgan fingerprint density at radius 1 is 1.08 bits per heavy atom. The van der Waals surface area contributed by atoms with Gasteiger partial charge in [0.1, 0.15) is 11.6 Å². The summed E-state index contributed by atoms with van der Waals surface area (Å²) in [4.78, 5) is 39.8. The highest BCUT2D eigenvalue weighted by atomic mass is 32.1. The van der Waals surface area contributed by atoms with E-state index in [4.69, 9.17) is 19.1 Å². The summed E-state index contributed by atoms with van der Waals surface area (Å²) in [5.74, 6) is -0.0451. The largest absolute Gasteiger partial charge is 0.493 e. The number of methoxy groups -OCH3 is 1. The first kappa shape index (κ1) is 31.3. The molecule has 7 heterocycles. The van der Waals surface area contributed by atoms with Crippen LogP contribution in [-0.2, 0) is 24.8 Å². The van der Waals surface area contributed by atoms with Crippen molar-refractivity contribution in [1.82, 2.24) is 25.1 Å². The van der Waals surface area contributed by atoms with Crippen molar-refractivity contribution < 1.29 is 22.7 Å². The van der Waals surface area contributed by atoms with Gasteiger partial charge >= 0.3 is 5.76 Å². The molecule has 1 amide bonds. The number of aryl methyl sites for hydroxylation is 3. The number of amides is 1. The van der Waals surface area contributed by atoms with Crippen LogP contribution in [0.15, 0.2) is 57.7 Å². The number of aromatic nitrogens is 4. The second-order valence-corrected chi connectivity index (χ2v) is 15.4. The normalized spacial score (nSPS) is 21.0. The first-order valence-corrected chi connectivity index (χ1v) is 18.3. The maximum Gasteiger partial charge on any atom is 0.434 e. The molecule has 2 aromatic carbocycles. The van der Waals surface area contributed by atoms with Crippen molar-refractivity contribution in [3.63, 3.8) is 0 Å². The molecule has 1 saturated carbocycles. The summed E-state index contributed by atoms with van der Waals surface area (Å²) in [7, 11) is 1.49. The van der Waals surface area contributed by atoms with Crippen LogP contribution < -0.4 is 15.8 Å². The molecule has 1 unspecified atom stereocenters. The van der Waals surface area contributed by atoms with Gasteiger partial charge in [-0.2, -0.15) is 0 Å². The Balaban J connectivity index is 1.16. The molecule has 4 aromatic heterocycles. The van der Waals surface area contributed by atoms with Crippen LogP contribution in [0.5, 0.6) is 5.75 Å². The lowest BCUT2D eigenvalue weighted by Crippen LogP contribution is -2.40. The zero-order valence-electron chi connectivity index (χ0n) is 28.3. The Morgan fingerprint density at radius 3 is 2.73 bits per heavy atom. The molecular formula is C39H32F2N6O4S. The molecule has 2 bridgehead atoms. The lowest BCUT2D eigenvalue weighted by Gasteiger charge is -2.37. The predicted octanol–water partition coefficient (Wildman–Crippen LogP) is 7.26. The summed E-state index contributed by atoms with van der Waals surface area (Å²) in [6.45, 7) is 2.62. The van der Waals surface area contributed by atoms with Crippen molar-refractivity contribution in [3.05, 3.63) is 110 Å². The van der Waals surface area contributed by atoms with E-state index in [2.05, 4.69) is 21.6 Å². The second kappa shape index (κ2) is 11.3. The number of rotatable bonds is 8. The fraction of sp³-hybridized carbons (Fsp3) is 0.308. The van der Waals surface area contributed by atoms with E-state index in [0.717, 1.165) is 62.3 Å². The van der Waals surface area contributed by atoms with Crippen LogP contribution in [0.25, 0.3) is 32.0 Å². The number of aromatic amines is 1. The molecule has 6 aromatic rings. The monoisotopic (exact) mass is 718 g/mol. The van der Waals surface area contributed by atoms with Gasteiger partial charge in [0.25, 0.3) is 11.8 Å². The minimum atomic E-state index is -0.721. The summed E-state index contributed by atoms with van der Waals surface area (Å²) in [6, 6.07) is 13.7. The Hall–Kier alpha value is -5.43. The number of halogens is 2. The van der Waals surface area contributed by atoms with Gasteiger partial charge in [0, 0.05) is 28.2 Å². The highest BCUT2D eigenvalue weighted by Crippen LogP contribution is 2.63. The lowest BCUT2D eigenvalue weighted by atomic mass is 9.71. The standard InChI is InChI=1S/C39H32F2N6O4S/c1-18-12-21-14-28(52-33(21)35(42-18)44-26-11-8-24-23(26)7-9-25(41)32(24)50-2)30-29(36-45-46-38(49)51-36)27(10-6-19-4-3-5-22(40)13-19)43-34-31(30)37(48)47-17-20-15-39(34,47)16-20/h3-5,7,9,12-14,20,26H,6,8,10-11,15-17H2,1-2H3,(H,42,44)(H,46,49). The first-order chi connectivity index (χ1) is 25.2. The van der Waals surface area contributed by atoms with Crippen LogP contribution in [0.3, 0.4) is 0 Å². The highest BCUT2D eigenvalue weighted by Gasteiger charge is 2.65. The van der Waals surface area contributed by atoms with Crippen molar-refractivity contribution in [2.75, 3.05) is 19.0 Å². The molecule has 2 aliphatic carbocycles. The third-order valence-corrected chi connectivity index (χ3v) is 12.4. The van der Waals surface area contributed by atoms with E-state index in [1.165, 1.54) is 36.6 Å². The van der Waals surface area contributed by atoms with Gasteiger partial charge in [0.15, 0.2) is 11.6 Å². The Kier molecular flexibility index (Phi) is 6.80. The molecule has 1 spiro atoms. The summed E-state index contributed by atoms with van der Waals surface area (Å²) in [5.41, 5.74) is 5.97. The van der Waals surface area contributed by atoms with Crippen LogP contribution >= 0.6 is 11.3 Å². The van der Waals surface area contributed by atoms with E-state index in [1.807, 2.05) is 30.0 Å². The molecule has 10 nitrogen and oxygen atoms in total. The van der Waals surface area contributed by atoms with Gasteiger partial charge in [0.2, 0.25) is 0 Å². The van der Waals surface area contributed by atoms with E-state index in [9.17, 15) is 18.4 Å². The maximum absolute atomic E-state index is 14.6. The number of carbonyl (C=O) groups is 1. The molecule has 262 valence electrons. The van der Waals surface area contributed by atoms with Crippen molar-refractivity contribution in [1.29, 1.82) is 0 Å². The van der Waals surface area contributed by atoms with Crippen LogP contribution in [0, 0.1) is 24.5 Å². The minimum Gasteiger partial charge on any atom is -0.493 e. The molecular weight excluding hydrogens is 687 g/mol. The summed E-state index contributed by atoms with van der Waals surface area (Å²) >= 11 is 1.49. The van der Waals surface area contributed by atoms with Gasteiger partial charge in [-0.15, -0.1) is 16.4 Å². The van der Waals surface area contributed by atoms with Gasteiger partial charge in [-0.1, -0.05) is 18.2 Å². The Bertz CT molecular complexity index is 2550. The van der Waals surface area contributed by atoms with E-state index in [1.54, 1.807) is 6.07 Å². The molecule has 1 atom stereocenters. The van der Waals surface area contributed by atoms with Crippen LogP contribution in [0.4, 0.5) is 14.6 Å². The van der Waals surface area contributed by atoms with E-state index in [-0.39, 0.29) is 35.2 Å². The van der Waals surface area contributed by atoms with Gasteiger partial charge in [0.05, 0.1) is 45.9 Å². The number of hydrogen-bond donors (Lipinski definition) is 2. The molecule has 11 rings (SSSR count). The van der Waals surface area contributed by atoms with Crippen molar-refractivity contribution in [2.24, 2.45) is 5.92 Å². The number of thiophene rings is 1. The van der Waals surface area contributed by atoms with Crippen molar-refractivity contribution in [3.8, 4) is 27.6 Å². The van der Waals surface area contributed by atoms with Crippen LogP contribution in [-0.4, -0.2) is 44.6 Å². The number of nitrogens with one attached hydrogen (secondary N) is 2. The van der Waals surface area contributed by atoms with Crippen molar-refractivity contribution >= 4 is 33.1 Å². The summed E-state index contributed by atoms with van der Waals surface area (Å²) < 4.78 is 40.7. The molecule has 52 heavy (non-hydrogen) atoms. The van der Waals surface area contributed by atoms with Gasteiger partial charge < -0.3 is 19.4 Å².